The highest BCUT2D eigenvalue weighted by atomic mass is 79.9. The second kappa shape index (κ2) is 5.45. The van der Waals surface area contributed by atoms with Crippen LogP contribution >= 0.6 is 38.6 Å². The Morgan fingerprint density at radius 2 is 1.94 bits per heavy atom. The summed E-state index contributed by atoms with van der Waals surface area (Å²) in [6, 6.07) is 4.62. The van der Waals surface area contributed by atoms with Gasteiger partial charge in [-0.2, -0.15) is 0 Å². The molecule has 2 aromatic rings. The highest BCUT2D eigenvalue weighted by Gasteiger charge is 2.14. The van der Waals surface area contributed by atoms with Crippen molar-refractivity contribution < 1.29 is 0 Å². The van der Waals surface area contributed by atoms with Gasteiger partial charge in [-0.15, -0.1) is 22.7 Å². The summed E-state index contributed by atoms with van der Waals surface area (Å²) in [5.41, 5.74) is 1.60. The number of thiophene rings is 2. The third-order valence-corrected chi connectivity index (χ3v) is 6.68. The maximum atomic E-state index is 3.57. The van der Waals surface area contributed by atoms with Gasteiger partial charge in [-0.3, -0.25) is 0 Å². The average Bonchev–Trinajstić information content (AvgIpc) is 2.95. The first-order valence-corrected chi connectivity index (χ1v) is 8.71. The van der Waals surface area contributed by atoms with Crippen LogP contribution in [0.2, 0.25) is 0 Å². The first-order chi connectivity index (χ1) is 8.72. The van der Waals surface area contributed by atoms with E-state index in [1.54, 1.807) is 10.4 Å². The molecule has 0 amide bonds. The van der Waals surface area contributed by atoms with Gasteiger partial charge >= 0.3 is 0 Å². The molecule has 2 heterocycles. The van der Waals surface area contributed by atoms with E-state index in [1.807, 2.05) is 22.7 Å². The highest BCUT2D eigenvalue weighted by Crippen LogP contribution is 2.30. The highest BCUT2D eigenvalue weighted by molar-refractivity contribution is 9.10. The van der Waals surface area contributed by atoms with E-state index >= 15 is 0 Å². The number of halogens is 1. The SMILES string of the molecule is Cc1sc(CNCc2cc3c(s2)CCC3)cc1Br. The summed E-state index contributed by atoms with van der Waals surface area (Å²) in [7, 11) is 0. The van der Waals surface area contributed by atoms with Crippen molar-refractivity contribution in [1.29, 1.82) is 0 Å². The van der Waals surface area contributed by atoms with Crippen LogP contribution in [0.3, 0.4) is 0 Å². The van der Waals surface area contributed by atoms with Crippen molar-refractivity contribution in [3.63, 3.8) is 0 Å². The fourth-order valence-corrected chi connectivity index (χ4v) is 5.19. The Kier molecular flexibility index (Phi) is 3.89. The minimum Gasteiger partial charge on any atom is -0.307 e. The Hall–Kier alpha value is -0.160. The van der Waals surface area contributed by atoms with Gasteiger partial charge in [0.15, 0.2) is 0 Å². The van der Waals surface area contributed by atoms with Crippen molar-refractivity contribution in [1.82, 2.24) is 5.32 Å². The van der Waals surface area contributed by atoms with Crippen molar-refractivity contribution in [3.8, 4) is 0 Å². The molecule has 0 saturated carbocycles. The molecule has 0 aromatic carbocycles. The van der Waals surface area contributed by atoms with Gasteiger partial charge in [0, 0.05) is 37.1 Å². The summed E-state index contributed by atoms with van der Waals surface area (Å²) in [5.74, 6) is 0. The second-order valence-electron chi connectivity index (χ2n) is 4.74. The lowest BCUT2D eigenvalue weighted by atomic mass is 10.2. The Labute approximate surface area is 124 Å². The van der Waals surface area contributed by atoms with Gasteiger partial charge in [0.2, 0.25) is 0 Å². The zero-order chi connectivity index (χ0) is 12.5. The van der Waals surface area contributed by atoms with Crippen LogP contribution in [0.25, 0.3) is 0 Å². The zero-order valence-electron chi connectivity index (χ0n) is 10.4. The second-order valence-corrected chi connectivity index (χ2v) is 8.15. The van der Waals surface area contributed by atoms with E-state index in [0.29, 0.717) is 0 Å². The fourth-order valence-electron chi connectivity index (χ4n) is 2.39. The molecule has 1 nitrogen and oxygen atoms in total. The molecule has 0 atom stereocenters. The van der Waals surface area contributed by atoms with Gasteiger partial charge in [0.05, 0.1) is 0 Å². The summed E-state index contributed by atoms with van der Waals surface area (Å²) in [6.45, 7) is 4.13. The number of hydrogen-bond acceptors (Lipinski definition) is 3. The van der Waals surface area contributed by atoms with E-state index in [9.17, 15) is 0 Å². The lowest BCUT2D eigenvalue weighted by molar-refractivity contribution is 0.708. The molecule has 0 aliphatic heterocycles. The van der Waals surface area contributed by atoms with Crippen LogP contribution in [0.5, 0.6) is 0 Å². The molecule has 0 fully saturated rings. The number of fused-ring (bicyclic) bond motifs is 1. The Morgan fingerprint density at radius 1 is 1.17 bits per heavy atom. The van der Waals surface area contributed by atoms with Crippen LogP contribution in [0, 0.1) is 6.92 Å². The van der Waals surface area contributed by atoms with Gasteiger partial charge in [0.1, 0.15) is 0 Å². The maximum Gasteiger partial charge on any atom is 0.0314 e. The molecule has 0 saturated heterocycles. The van der Waals surface area contributed by atoms with E-state index in [-0.39, 0.29) is 0 Å². The van der Waals surface area contributed by atoms with Gasteiger partial charge in [-0.05, 0) is 59.8 Å². The average molecular weight is 342 g/mol. The standard InChI is InChI=1S/C14H16BrNS2/c1-9-13(15)6-12(17-9)8-16-7-11-5-10-3-2-4-14(10)18-11/h5-6,16H,2-4,7-8H2,1H3. The summed E-state index contributed by atoms with van der Waals surface area (Å²) in [5, 5.41) is 3.55. The van der Waals surface area contributed by atoms with E-state index < -0.39 is 0 Å². The van der Waals surface area contributed by atoms with Crippen LogP contribution in [0.1, 0.15) is 31.5 Å². The molecule has 2 aromatic heterocycles. The number of hydrogen-bond donors (Lipinski definition) is 1. The molecular weight excluding hydrogens is 326 g/mol. The summed E-state index contributed by atoms with van der Waals surface area (Å²) >= 11 is 7.43. The summed E-state index contributed by atoms with van der Waals surface area (Å²) < 4.78 is 1.24. The van der Waals surface area contributed by atoms with Gasteiger partial charge in [-0.25, -0.2) is 0 Å². The summed E-state index contributed by atoms with van der Waals surface area (Å²) in [4.78, 5) is 5.89. The van der Waals surface area contributed by atoms with Crippen LogP contribution < -0.4 is 5.32 Å². The molecular formula is C14H16BrNS2. The first-order valence-electron chi connectivity index (χ1n) is 6.28. The van der Waals surface area contributed by atoms with Crippen molar-refractivity contribution in [2.45, 2.75) is 39.3 Å². The smallest absolute Gasteiger partial charge is 0.0314 e. The van der Waals surface area contributed by atoms with E-state index in [4.69, 9.17) is 0 Å². The Bertz CT molecular complexity index is 515. The molecule has 0 bridgehead atoms. The van der Waals surface area contributed by atoms with Crippen molar-refractivity contribution in [2.75, 3.05) is 0 Å². The fraction of sp³-hybridized carbons (Fsp3) is 0.429. The van der Waals surface area contributed by atoms with E-state index in [1.165, 1.54) is 38.4 Å². The lowest BCUT2D eigenvalue weighted by Crippen LogP contribution is -2.10. The van der Waals surface area contributed by atoms with Crippen molar-refractivity contribution in [2.24, 2.45) is 0 Å². The third-order valence-electron chi connectivity index (χ3n) is 3.30. The lowest BCUT2D eigenvalue weighted by Gasteiger charge is -2.00. The molecule has 18 heavy (non-hydrogen) atoms. The third kappa shape index (κ3) is 2.72. The Morgan fingerprint density at radius 3 is 2.61 bits per heavy atom. The normalized spacial score (nSPS) is 14.1. The van der Waals surface area contributed by atoms with E-state index in [0.717, 1.165) is 13.1 Å². The maximum absolute atomic E-state index is 3.57. The topological polar surface area (TPSA) is 12.0 Å². The van der Waals surface area contributed by atoms with Gasteiger partial charge in [-0.1, -0.05) is 0 Å². The minimum absolute atomic E-state index is 0.972. The molecule has 96 valence electrons. The molecule has 3 rings (SSSR count). The molecule has 1 aliphatic carbocycles. The molecule has 0 spiro atoms. The molecule has 0 unspecified atom stereocenters. The zero-order valence-corrected chi connectivity index (χ0v) is 13.6. The first kappa shape index (κ1) is 12.9. The predicted octanol–water partition coefficient (Wildman–Crippen LogP) is 4.66. The Balaban J connectivity index is 1.55. The monoisotopic (exact) mass is 341 g/mol. The van der Waals surface area contributed by atoms with Crippen molar-refractivity contribution >= 4 is 38.6 Å². The van der Waals surface area contributed by atoms with Gasteiger partial charge < -0.3 is 5.32 Å². The molecule has 1 N–H and O–H groups in total. The summed E-state index contributed by atoms with van der Waals surface area (Å²) in [6.07, 6.45) is 3.96. The van der Waals surface area contributed by atoms with Crippen LogP contribution in [-0.2, 0) is 25.9 Å². The number of aryl methyl sites for hydroxylation is 3. The van der Waals surface area contributed by atoms with Crippen LogP contribution in [0.15, 0.2) is 16.6 Å². The van der Waals surface area contributed by atoms with E-state index in [2.05, 4.69) is 40.3 Å². The van der Waals surface area contributed by atoms with Crippen molar-refractivity contribution in [3.05, 3.63) is 41.7 Å². The molecule has 4 heteroatoms. The predicted molar refractivity (Wildman–Crippen MR) is 83.6 cm³/mol. The largest absolute Gasteiger partial charge is 0.307 e. The minimum atomic E-state index is 0.972. The van der Waals surface area contributed by atoms with Crippen LogP contribution in [-0.4, -0.2) is 0 Å². The quantitative estimate of drug-likeness (QED) is 0.852. The number of nitrogens with one attached hydrogen (secondary N) is 1. The van der Waals surface area contributed by atoms with Crippen LogP contribution in [0.4, 0.5) is 0 Å². The molecule has 0 radical (unpaired) electrons. The van der Waals surface area contributed by atoms with Gasteiger partial charge in [0.25, 0.3) is 0 Å². The molecule has 1 aliphatic rings. The number of rotatable bonds is 4.